The fourth-order valence-corrected chi connectivity index (χ4v) is 5.20. The van der Waals surface area contributed by atoms with E-state index >= 15 is 0 Å². The van der Waals surface area contributed by atoms with E-state index in [4.69, 9.17) is 9.47 Å². The third kappa shape index (κ3) is 4.80. The van der Waals surface area contributed by atoms with Gasteiger partial charge in [-0.2, -0.15) is 13.5 Å². The number of amides is 1. The van der Waals surface area contributed by atoms with Crippen LogP contribution in [0, 0.1) is 0 Å². The Balaban J connectivity index is 1.71. The molecule has 0 bridgehead atoms. The van der Waals surface area contributed by atoms with Crippen molar-refractivity contribution >= 4 is 44.4 Å². The van der Waals surface area contributed by atoms with E-state index in [1.807, 2.05) is 0 Å². The number of sulfonamides is 1. The Bertz CT molecular complexity index is 1390. The van der Waals surface area contributed by atoms with E-state index in [0.717, 1.165) is 11.7 Å². The minimum atomic E-state index is -4.13. The van der Waals surface area contributed by atoms with Crippen molar-refractivity contribution in [1.29, 1.82) is 0 Å². The summed E-state index contributed by atoms with van der Waals surface area (Å²) in [5.74, 6) is 0.308. The average Bonchev–Trinajstić information content (AvgIpc) is 3.32. The molecule has 0 aliphatic rings. The second kappa shape index (κ2) is 9.53. The van der Waals surface area contributed by atoms with Gasteiger partial charge in [0.15, 0.2) is 0 Å². The van der Waals surface area contributed by atoms with Crippen molar-refractivity contribution in [2.75, 3.05) is 19.5 Å². The van der Waals surface area contributed by atoms with Crippen molar-refractivity contribution in [2.45, 2.75) is 10.9 Å². The number of nitrogens with one attached hydrogen (secondary N) is 2. The van der Waals surface area contributed by atoms with E-state index in [1.165, 1.54) is 20.3 Å². The predicted molar refractivity (Wildman–Crippen MR) is 125 cm³/mol. The van der Waals surface area contributed by atoms with Gasteiger partial charge in [0.2, 0.25) is 15.9 Å². The molecule has 33 heavy (non-hydrogen) atoms. The van der Waals surface area contributed by atoms with E-state index in [1.54, 1.807) is 60.7 Å². The molecule has 11 heteroatoms. The summed E-state index contributed by atoms with van der Waals surface area (Å²) in [5, 5.41) is 2.74. The molecule has 1 heterocycles. The van der Waals surface area contributed by atoms with Gasteiger partial charge in [-0.05, 0) is 29.8 Å². The Labute approximate surface area is 194 Å². The molecule has 1 amide bonds. The number of nitrogens with zero attached hydrogens (tertiary/aromatic N) is 2. The summed E-state index contributed by atoms with van der Waals surface area (Å²) in [5.41, 5.74) is 1.51. The molecule has 0 spiro atoms. The summed E-state index contributed by atoms with van der Waals surface area (Å²) in [6.07, 6.45) is 0. The van der Waals surface area contributed by atoms with Gasteiger partial charge in [-0.3, -0.25) is 4.79 Å². The maximum absolute atomic E-state index is 13.3. The molecule has 1 atom stereocenters. The second-order valence-corrected chi connectivity index (χ2v) is 9.12. The van der Waals surface area contributed by atoms with Crippen LogP contribution in [0.15, 0.2) is 71.6 Å². The molecule has 1 unspecified atom stereocenters. The molecular weight excluding hydrogens is 464 g/mol. The molecule has 0 fully saturated rings. The van der Waals surface area contributed by atoms with Crippen molar-refractivity contribution in [1.82, 2.24) is 13.5 Å². The highest BCUT2D eigenvalue weighted by Crippen LogP contribution is 2.30. The van der Waals surface area contributed by atoms with Gasteiger partial charge in [0, 0.05) is 6.07 Å². The first-order chi connectivity index (χ1) is 15.9. The van der Waals surface area contributed by atoms with Crippen LogP contribution >= 0.6 is 11.7 Å². The number of carbonyl (C=O) groups excluding carboxylic acids is 1. The van der Waals surface area contributed by atoms with Crippen molar-refractivity contribution in [3.8, 4) is 11.5 Å². The van der Waals surface area contributed by atoms with Crippen LogP contribution in [0.1, 0.15) is 11.6 Å². The van der Waals surface area contributed by atoms with E-state index in [-0.39, 0.29) is 10.4 Å². The Morgan fingerprint density at radius 3 is 2.48 bits per heavy atom. The zero-order valence-corrected chi connectivity index (χ0v) is 19.3. The Morgan fingerprint density at radius 2 is 1.76 bits per heavy atom. The standard InChI is InChI=1S/C22H20N4O5S2/c1-30-15-11-12-18(31-2)17(13-15)23-22(27)20(14-7-4-3-5-8-14)26-33(28,29)19-10-6-9-16-21(19)25-32-24-16/h3-13,20,26H,1-2H3,(H,23,27). The first kappa shape index (κ1) is 22.6. The minimum absolute atomic E-state index is 0.0542. The van der Waals surface area contributed by atoms with Crippen molar-refractivity contribution in [2.24, 2.45) is 0 Å². The third-order valence-electron chi connectivity index (χ3n) is 4.87. The van der Waals surface area contributed by atoms with Crippen LogP contribution in [0.5, 0.6) is 11.5 Å². The maximum Gasteiger partial charge on any atom is 0.247 e. The number of methoxy groups -OCH3 is 2. The summed E-state index contributed by atoms with van der Waals surface area (Å²) in [7, 11) is -1.16. The van der Waals surface area contributed by atoms with E-state index in [2.05, 4.69) is 18.8 Å². The predicted octanol–water partition coefficient (Wildman–Crippen LogP) is 3.37. The van der Waals surface area contributed by atoms with Crippen LogP contribution in [0.3, 0.4) is 0 Å². The van der Waals surface area contributed by atoms with Crippen molar-refractivity contribution in [3.63, 3.8) is 0 Å². The van der Waals surface area contributed by atoms with Crippen LogP contribution in [0.25, 0.3) is 11.0 Å². The molecule has 170 valence electrons. The average molecular weight is 485 g/mol. The number of hydrogen-bond donors (Lipinski definition) is 2. The number of anilines is 1. The highest BCUT2D eigenvalue weighted by molar-refractivity contribution is 7.89. The number of ether oxygens (including phenoxy) is 2. The number of hydrogen-bond acceptors (Lipinski definition) is 8. The normalized spacial score (nSPS) is 12.3. The monoisotopic (exact) mass is 484 g/mol. The number of benzene rings is 3. The van der Waals surface area contributed by atoms with Crippen LogP contribution in [-0.4, -0.2) is 37.3 Å². The minimum Gasteiger partial charge on any atom is -0.497 e. The smallest absolute Gasteiger partial charge is 0.247 e. The topological polar surface area (TPSA) is 120 Å². The van der Waals surface area contributed by atoms with Gasteiger partial charge >= 0.3 is 0 Å². The quantitative estimate of drug-likeness (QED) is 0.393. The van der Waals surface area contributed by atoms with E-state index in [0.29, 0.717) is 28.3 Å². The molecule has 4 aromatic rings. The lowest BCUT2D eigenvalue weighted by molar-refractivity contribution is -0.117. The van der Waals surface area contributed by atoms with Gasteiger partial charge < -0.3 is 14.8 Å². The summed E-state index contributed by atoms with van der Waals surface area (Å²) >= 11 is 0.917. The molecule has 3 aromatic carbocycles. The lowest BCUT2D eigenvalue weighted by atomic mass is 10.1. The van der Waals surface area contributed by atoms with Crippen LogP contribution in [0.2, 0.25) is 0 Å². The molecular formula is C22H20N4O5S2. The van der Waals surface area contributed by atoms with Crippen molar-refractivity contribution < 1.29 is 22.7 Å². The fourth-order valence-electron chi connectivity index (χ4n) is 3.25. The molecule has 9 nitrogen and oxygen atoms in total. The first-order valence-corrected chi connectivity index (χ1v) is 12.0. The molecule has 2 N–H and O–H groups in total. The summed E-state index contributed by atoms with van der Waals surface area (Å²) < 4.78 is 47.9. The van der Waals surface area contributed by atoms with E-state index < -0.39 is 22.0 Å². The van der Waals surface area contributed by atoms with Crippen LogP contribution in [-0.2, 0) is 14.8 Å². The van der Waals surface area contributed by atoms with Gasteiger partial charge in [-0.25, -0.2) is 8.42 Å². The zero-order chi connectivity index (χ0) is 23.4. The van der Waals surface area contributed by atoms with Gasteiger partial charge in [0.1, 0.15) is 33.5 Å². The Kier molecular flexibility index (Phi) is 6.54. The second-order valence-electron chi connectivity index (χ2n) is 6.91. The van der Waals surface area contributed by atoms with Gasteiger partial charge in [-0.1, -0.05) is 36.4 Å². The van der Waals surface area contributed by atoms with Crippen LogP contribution < -0.4 is 19.5 Å². The molecule has 1 aromatic heterocycles. The van der Waals surface area contributed by atoms with E-state index in [9.17, 15) is 13.2 Å². The van der Waals surface area contributed by atoms with Crippen molar-refractivity contribution in [3.05, 3.63) is 72.3 Å². The highest BCUT2D eigenvalue weighted by Gasteiger charge is 2.29. The molecule has 0 saturated heterocycles. The molecule has 0 saturated carbocycles. The fraction of sp³-hybridized carbons (Fsp3) is 0.136. The lowest BCUT2D eigenvalue weighted by Crippen LogP contribution is -2.37. The number of fused-ring (bicyclic) bond motifs is 1. The molecule has 0 aliphatic heterocycles. The number of aromatic nitrogens is 2. The zero-order valence-electron chi connectivity index (χ0n) is 17.7. The summed E-state index contributed by atoms with van der Waals surface area (Å²) in [4.78, 5) is 13.3. The Morgan fingerprint density at radius 1 is 0.970 bits per heavy atom. The first-order valence-electron chi connectivity index (χ1n) is 9.74. The third-order valence-corrected chi connectivity index (χ3v) is 6.87. The SMILES string of the molecule is COc1ccc(OC)c(NC(=O)C(NS(=O)(=O)c2cccc3nsnc23)c2ccccc2)c1. The summed E-state index contributed by atoms with van der Waals surface area (Å²) in [6.45, 7) is 0. The van der Waals surface area contributed by atoms with Crippen LogP contribution in [0.4, 0.5) is 5.69 Å². The largest absolute Gasteiger partial charge is 0.497 e. The maximum atomic E-state index is 13.3. The summed E-state index contributed by atoms with van der Waals surface area (Å²) in [6, 6.07) is 16.9. The lowest BCUT2D eigenvalue weighted by Gasteiger charge is -2.20. The van der Waals surface area contributed by atoms with Gasteiger partial charge in [-0.15, -0.1) is 0 Å². The molecule has 4 rings (SSSR count). The highest BCUT2D eigenvalue weighted by atomic mass is 32.2. The van der Waals surface area contributed by atoms with Gasteiger partial charge in [0.25, 0.3) is 0 Å². The molecule has 0 aliphatic carbocycles. The molecule has 0 radical (unpaired) electrons. The Hall–Kier alpha value is -3.54. The number of rotatable bonds is 8. The number of carbonyl (C=O) groups is 1. The van der Waals surface area contributed by atoms with Gasteiger partial charge in [0.05, 0.1) is 31.6 Å².